The van der Waals surface area contributed by atoms with Crippen molar-refractivity contribution in [3.63, 3.8) is 0 Å². The fraction of sp³-hybridized carbons (Fsp3) is 0.0476. The molecule has 0 radical (unpaired) electrons. The third kappa shape index (κ3) is 4.00. The Kier molecular flexibility index (Phi) is 5.45. The largest absolute Gasteiger partial charge is 0.497 e. The smallest absolute Gasteiger partial charge is 0.271 e. The van der Waals surface area contributed by atoms with Gasteiger partial charge in [-0.25, -0.2) is 4.98 Å². The van der Waals surface area contributed by atoms with E-state index in [-0.39, 0.29) is 27.0 Å². The van der Waals surface area contributed by atoms with E-state index >= 15 is 0 Å². The lowest BCUT2D eigenvalue weighted by atomic mass is 10.1. The van der Waals surface area contributed by atoms with Crippen molar-refractivity contribution >= 4 is 56.1 Å². The molecule has 0 bridgehead atoms. The number of nitro benzene ring substituents is 1. The molecule has 10 heteroatoms. The molecule has 0 unspecified atom stereocenters. The molecular weight excluding hydrogens is 440 g/mol. The summed E-state index contributed by atoms with van der Waals surface area (Å²) in [5.74, 6) is 0.220. The highest BCUT2D eigenvalue weighted by Crippen LogP contribution is 2.35. The van der Waals surface area contributed by atoms with Crippen molar-refractivity contribution in [2.24, 2.45) is 0 Å². The number of nitrogens with zero attached hydrogens (tertiary/aromatic N) is 2. The average molecular weight is 455 g/mol. The maximum atomic E-state index is 12.8. The summed E-state index contributed by atoms with van der Waals surface area (Å²) in [5, 5.41) is 14.4. The van der Waals surface area contributed by atoms with Crippen molar-refractivity contribution in [3.8, 4) is 17.0 Å². The summed E-state index contributed by atoms with van der Waals surface area (Å²) in [4.78, 5) is 28.7. The number of methoxy groups -OCH3 is 1. The number of fused-ring (bicyclic) bond motifs is 1. The van der Waals surface area contributed by atoms with Crippen LogP contribution in [-0.2, 0) is 0 Å². The third-order valence-electron chi connectivity index (χ3n) is 4.59. The predicted octanol–water partition coefficient (Wildman–Crippen LogP) is 5.37. The number of nitrogens with two attached hydrogens (primary N) is 1. The first-order chi connectivity index (χ1) is 14.9. The highest BCUT2D eigenvalue weighted by molar-refractivity contribution is 7.21. The number of halogens is 1. The van der Waals surface area contributed by atoms with Gasteiger partial charge in [0.15, 0.2) is 0 Å². The van der Waals surface area contributed by atoms with Gasteiger partial charge < -0.3 is 15.8 Å². The molecule has 0 aliphatic rings. The van der Waals surface area contributed by atoms with Crippen molar-refractivity contribution in [2.45, 2.75) is 0 Å². The van der Waals surface area contributed by atoms with Gasteiger partial charge in [-0.15, -0.1) is 11.3 Å². The monoisotopic (exact) mass is 454 g/mol. The molecule has 0 fully saturated rings. The number of carbonyl (C=O) groups excluding carboxylic acids is 1. The number of nitro groups is 1. The first kappa shape index (κ1) is 20.6. The zero-order chi connectivity index (χ0) is 22.1. The molecule has 8 nitrogen and oxygen atoms in total. The predicted molar refractivity (Wildman–Crippen MR) is 122 cm³/mol. The number of nitrogens with one attached hydrogen (secondary N) is 1. The van der Waals surface area contributed by atoms with E-state index in [0.717, 1.165) is 28.3 Å². The van der Waals surface area contributed by atoms with E-state index in [2.05, 4.69) is 10.3 Å². The zero-order valence-corrected chi connectivity index (χ0v) is 17.7. The van der Waals surface area contributed by atoms with Gasteiger partial charge in [0.25, 0.3) is 11.6 Å². The van der Waals surface area contributed by atoms with Crippen LogP contribution in [0.2, 0.25) is 5.02 Å². The van der Waals surface area contributed by atoms with E-state index in [1.807, 2.05) is 36.4 Å². The standard InChI is InChI=1S/C21H15ClN4O4S/c1-30-13-5-2-11(3-6-13)16-9-7-14-18(23)19(31-21(14)25-16)20(27)24-17-10-12(26(28)29)4-8-15(17)22/h2-10H,23H2,1H3,(H,24,27). The van der Waals surface area contributed by atoms with Gasteiger partial charge in [0.1, 0.15) is 15.5 Å². The molecule has 0 atom stereocenters. The van der Waals surface area contributed by atoms with E-state index in [1.165, 1.54) is 18.2 Å². The number of aromatic nitrogens is 1. The Labute approximate surface area is 185 Å². The van der Waals surface area contributed by atoms with Gasteiger partial charge in [0.2, 0.25) is 0 Å². The van der Waals surface area contributed by atoms with Crippen molar-refractivity contribution in [1.82, 2.24) is 4.98 Å². The maximum Gasteiger partial charge on any atom is 0.271 e. The van der Waals surface area contributed by atoms with Crippen LogP contribution in [0.15, 0.2) is 54.6 Å². The second-order valence-corrected chi connectivity index (χ2v) is 7.90. The first-order valence-corrected chi connectivity index (χ1v) is 10.2. The average Bonchev–Trinajstić information content (AvgIpc) is 3.11. The van der Waals surface area contributed by atoms with Gasteiger partial charge in [-0.1, -0.05) is 11.6 Å². The Balaban J connectivity index is 1.66. The van der Waals surface area contributed by atoms with Gasteiger partial charge in [-0.3, -0.25) is 14.9 Å². The Morgan fingerprint density at radius 2 is 1.94 bits per heavy atom. The summed E-state index contributed by atoms with van der Waals surface area (Å²) in [6, 6.07) is 14.9. The minimum atomic E-state index is -0.565. The molecule has 0 spiro atoms. The van der Waals surface area contributed by atoms with E-state index < -0.39 is 10.8 Å². The van der Waals surface area contributed by atoms with Crippen LogP contribution in [0.5, 0.6) is 5.75 Å². The lowest BCUT2D eigenvalue weighted by molar-refractivity contribution is -0.384. The van der Waals surface area contributed by atoms with Crippen LogP contribution >= 0.6 is 22.9 Å². The molecule has 0 aliphatic carbocycles. The molecule has 0 saturated carbocycles. The SMILES string of the molecule is COc1ccc(-c2ccc3c(N)c(C(=O)Nc4cc([N+](=O)[O-])ccc4Cl)sc3n2)cc1. The van der Waals surface area contributed by atoms with Gasteiger partial charge in [-0.05, 0) is 42.5 Å². The topological polar surface area (TPSA) is 120 Å². The third-order valence-corrected chi connectivity index (χ3v) is 6.04. The van der Waals surface area contributed by atoms with Crippen molar-refractivity contribution in [2.75, 3.05) is 18.2 Å². The minimum absolute atomic E-state index is 0.129. The highest BCUT2D eigenvalue weighted by Gasteiger charge is 2.20. The fourth-order valence-corrected chi connectivity index (χ4v) is 4.14. The molecule has 2 heterocycles. The summed E-state index contributed by atoms with van der Waals surface area (Å²) in [7, 11) is 1.60. The second kappa shape index (κ2) is 8.21. The number of benzene rings is 2. The number of hydrogen-bond acceptors (Lipinski definition) is 7. The van der Waals surface area contributed by atoms with E-state index in [0.29, 0.717) is 10.2 Å². The van der Waals surface area contributed by atoms with E-state index in [9.17, 15) is 14.9 Å². The van der Waals surface area contributed by atoms with E-state index in [4.69, 9.17) is 22.1 Å². The number of amides is 1. The number of rotatable bonds is 5. The number of ether oxygens (including phenoxy) is 1. The lowest BCUT2D eigenvalue weighted by Gasteiger charge is -2.06. The number of carbonyl (C=O) groups is 1. The van der Waals surface area contributed by atoms with Crippen molar-refractivity contribution in [3.05, 3.63) is 74.6 Å². The van der Waals surface area contributed by atoms with Crippen molar-refractivity contribution < 1.29 is 14.5 Å². The van der Waals surface area contributed by atoms with Crippen LogP contribution in [0, 0.1) is 10.1 Å². The second-order valence-electron chi connectivity index (χ2n) is 6.50. The normalized spacial score (nSPS) is 10.8. The Bertz CT molecular complexity index is 1320. The van der Waals surface area contributed by atoms with Crippen molar-refractivity contribution in [1.29, 1.82) is 0 Å². The van der Waals surface area contributed by atoms with Crippen LogP contribution in [0.25, 0.3) is 21.5 Å². The summed E-state index contributed by atoms with van der Waals surface area (Å²) in [6.07, 6.45) is 0. The number of pyridine rings is 1. The van der Waals surface area contributed by atoms with Gasteiger partial charge in [-0.2, -0.15) is 0 Å². The minimum Gasteiger partial charge on any atom is -0.497 e. The Morgan fingerprint density at radius 3 is 2.61 bits per heavy atom. The van der Waals surface area contributed by atoms with Crippen LogP contribution in [-0.4, -0.2) is 22.9 Å². The molecule has 0 saturated heterocycles. The molecule has 31 heavy (non-hydrogen) atoms. The lowest BCUT2D eigenvalue weighted by Crippen LogP contribution is -2.12. The van der Waals surface area contributed by atoms with Crippen LogP contribution in [0.3, 0.4) is 0 Å². The Morgan fingerprint density at radius 1 is 1.19 bits per heavy atom. The maximum absolute atomic E-state index is 12.8. The molecule has 3 N–H and O–H groups in total. The van der Waals surface area contributed by atoms with Gasteiger partial charge in [0, 0.05) is 23.1 Å². The molecule has 1 amide bonds. The first-order valence-electron chi connectivity index (χ1n) is 8.96. The highest BCUT2D eigenvalue weighted by atomic mass is 35.5. The molecule has 156 valence electrons. The number of nitrogen functional groups attached to an aromatic ring is 1. The summed E-state index contributed by atoms with van der Waals surface area (Å²) < 4.78 is 5.17. The number of thiophene rings is 1. The quantitative estimate of drug-likeness (QED) is 0.309. The zero-order valence-electron chi connectivity index (χ0n) is 16.1. The molecule has 0 aliphatic heterocycles. The molecular formula is C21H15ClN4O4S. The fourth-order valence-electron chi connectivity index (χ4n) is 2.99. The van der Waals surface area contributed by atoms with Crippen LogP contribution in [0.1, 0.15) is 9.67 Å². The molecule has 4 rings (SSSR count). The molecule has 2 aromatic heterocycles. The van der Waals surface area contributed by atoms with Gasteiger partial charge >= 0.3 is 0 Å². The summed E-state index contributed by atoms with van der Waals surface area (Å²) in [5.41, 5.74) is 8.04. The van der Waals surface area contributed by atoms with Gasteiger partial charge in [0.05, 0.1) is 34.1 Å². The number of anilines is 2. The molecule has 4 aromatic rings. The summed E-state index contributed by atoms with van der Waals surface area (Å²) in [6.45, 7) is 0. The van der Waals surface area contributed by atoms with Crippen LogP contribution in [0.4, 0.5) is 17.1 Å². The Hall–Kier alpha value is -3.69. The number of non-ortho nitro benzene ring substituents is 1. The molecule has 2 aromatic carbocycles. The van der Waals surface area contributed by atoms with E-state index in [1.54, 1.807) is 7.11 Å². The number of hydrogen-bond donors (Lipinski definition) is 2. The summed E-state index contributed by atoms with van der Waals surface area (Å²) >= 11 is 7.21. The van der Waals surface area contributed by atoms with Crippen LogP contribution < -0.4 is 15.8 Å².